The summed E-state index contributed by atoms with van der Waals surface area (Å²) in [7, 11) is 0. The Morgan fingerprint density at radius 2 is 2.00 bits per heavy atom. The van der Waals surface area contributed by atoms with E-state index in [1.807, 2.05) is 13.8 Å². The van der Waals surface area contributed by atoms with Crippen LogP contribution in [0.25, 0.3) is 0 Å². The van der Waals surface area contributed by atoms with E-state index in [0.29, 0.717) is 38.9 Å². The van der Waals surface area contributed by atoms with Crippen LogP contribution in [0.4, 0.5) is 4.79 Å². The van der Waals surface area contributed by atoms with Crippen molar-refractivity contribution in [1.82, 2.24) is 15.5 Å². The standard InChI is InChI=1S/C13H22N4O3/c1-3-12(2,8-14)10(19)17-6-4-13(5-7-17)9(18)15-11(20)16-13/h3-8,14H2,1-2H3,(H2,15,16,18,20). The summed E-state index contributed by atoms with van der Waals surface area (Å²) in [6, 6.07) is -0.449. The summed E-state index contributed by atoms with van der Waals surface area (Å²) >= 11 is 0. The molecular weight excluding hydrogens is 260 g/mol. The van der Waals surface area contributed by atoms with E-state index in [0.717, 1.165) is 0 Å². The van der Waals surface area contributed by atoms with E-state index in [1.54, 1.807) is 4.90 Å². The van der Waals surface area contributed by atoms with Gasteiger partial charge < -0.3 is 16.0 Å². The average molecular weight is 282 g/mol. The third kappa shape index (κ3) is 2.26. The Hall–Kier alpha value is -1.63. The van der Waals surface area contributed by atoms with Gasteiger partial charge in [-0.05, 0) is 26.2 Å². The molecule has 1 spiro atoms. The Kier molecular flexibility index (Phi) is 3.73. The van der Waals surface area contributed by atoms with Gasteiger partial charge in [0.2, 0.25) is 5.91 Å². The molecule has 4 amide bonds. The zero-order valence-corrected chi connectivity index (χ0v) is 12.0. The van der Waals surface area contributed by atoms with E-state index in [1.165, 1.54) is 0 Å². The fraction of sp³-hybridized carbons (Fsp3) is 0.769. The molecule has 7 heteroatoms. The van der Waals surface area contributed by atoms with Crippen molar-refractivity contribution in [3.63, 3.8) is 0 Å². The number of nitrogens with two attached hydrogens (primary N) is 1. The van der Waals surface area contributed by atoms with E-state index in [2.05, 4.69) is 10.6 Å². The third-order valence-corrected chi connectivity index (χ3v) is 4.67. The topological polar surface area (TPSA) is 105 Å². The molecule has 2 rings (SSSR count). The molecule has 1 unspecified atom stereocenters. The van der Waals surface area contributed by atoms with E-state index in [-0.39, 0.29) is 11.8 Å². The van der Waals surface area contributed by atoms with E-state index >= 15 is 0 Å². The SMILES string of the molecule is CCC(C)(CN)C(=O)N1CCC2(CC1)NC(=O)NC2=O. The van der Waals surface area contributed by atoms with E-state index in [9.17, 15) is 14.4 Å². The van der Waals surface area contributed by atoms with Crippen molar-refractivity contribution in [3.05, 3.63) is 0 Å². The molecule has 112 valence electrons. The minimum atomic E-state index is -0.834. The van der Waals surface area contributed by atoms with Crippen molar-refractivity contribution < 1.29 is 14.4 Å². The highest BCUT2D eigenvalue weighted by Crippen LogP contribution is 2.29. The largest absolute Gasteiger partial charge is 0.342 e. The predicted octanol–water partition coefficient (Wildman–Crippen LogP) is -0.438. The van der Waals surface area contributed by atoms with Gasteiger partial charge in [-0.1, -0.05) is 6.92 Å². The number of hydrogen-bond donors (Lipinski definition) is 3. The molecule has 2 fully saturated rings. The van der Waals surface area contributed by atoms with Crippen LogP contribution in [-0.2, 0) is 9.59 Å². The van der Waals surface area contributed by atoms with Crippen LogP contribution in [0.3, 0.4) is 0 Å². The van der Waals surface area contributed by atoms with Gasteiger partial charge in [0.25, 0.3) is 5.91 Å². The van der Waals surface area contributed by atoms with E-state index < -0.39 is 17.0 Å². The third-order valence-electron chi connectivity index (χ3n) is 4.67. The monoisotopic (exact) mass is 282 g/mol. The van der Waals surface area contributed by atoms with Crippen molar-refractivity contribution in [3.8, 4) is 0 Å². The lowest BCUT2D eigenvalue weighted by Gasteiger charge is -2.40. The first-order chi connectivity index (χ1) is 9.37. The lowest BCUT2D eigenvalue weighted by atomic mass is 9.83. The summed E-state index contributed by atoms with van der Waals surface area (Å²) in [6.07, 6.45) is 1.57. The summed E-state index contributed by atoms with van der Waals surface area (Å²) in [5, 5.41) is 4.94. The van der Waals surface area contributed by atoms with Crippen molar-refractivity contribution in [2.75, 3.05) is 19.6 Å². The summed E-state index contributed by atoms with van der Waals surface area (Å²) in [5.41, 5.74) is 4.33. The molecule has 2 saturated heterocycles. The number of piperidine rings is 1. The smallest absolute Gasteiger partial charge is 0.322 e. The quantitative estimate of drug-likeness (QED) is 0.610. The number of amides is 4. The van der Waals surface area contributed by atoms with Gasteiger partial charge in [0.15, 0.2) is 0 Å². The highest BCUT2D eigenvalue weighted by molar-refractivity contribution is 6.07. The summed E-state index contributed by atoms with van der Waals surface area (Å²) in [5.74, 6) is -0.256. The molecule has 0 aromatic carbocycles. The predicted molar refractivity (Wildman–Crippen MR) is 72.7 cm³/mol. The van der Waals surface area contributed by atoms with Gasteiger partial charge in [-0.3, -0.25) is 14.9 Å². The summed E-state index contributed by atoms with van der Waals surface area (Å²) < 4.78 is 0. The fourth-order valence-electron chi connectivity index (χ4n) is 2.74. The molecule has 2 aliphatic heterocycles. The Bertz CT molecular complexity index is 437. The molecule has 1 atom stereocenters. The first-order valence-electron chi connectivity index (χ1n) is 7.00. The maximum absolute atomic E-state index is 12.5. The van der Waals surface area contributed by atoms with Crippen LogP contribution in [0.15, 0.2) is 0 Å². The lowest BCUT2D eigenvalue weighted by Crippen LogP contribution is -2.58. The minimum absolute atomic E-state index is 0.0297. The van der Waals surface area contributed by atoms with Crippen molar-refractivity contribution in [1.29, 1.82) is 0 Å². The summed E-state index contributed by atoms with van der Waals surface area (Å²) in [6.45, 7) is 5.04. The van der Waals surface area contributed by atoms with Crippen LogP contribution in [0.5, 0.6) is 0 Å². The summed E-state index contributed by atoms with van der Waals surface area (Å²) in [4.78, 5) is 37.3. The van der Waals surface area contributed by atoms with Crippen LogP contribution in [0.2, 0.25) is 0 Å². The van der Waals surface area contributed by atoms with Crippen molar-refractivity contribution in [2.24, 2.45) is 11.1 Å². The van der Waals surface area contributed by atoms with Gasteiger partial charge in [0.05, 0.1) is 5.41 Å². The Labute approximate surface area is 118 Å². The molecule has 4 N–H and O–H groups in total. The van der Waals surface area contributed by atoms with Crippen LogP contribution in [0.1, 0.15) is 33.1 Å². The Morgan fingerprint density at radius 3 is 2.40 bits per heavy atom. The number of carbonyl (C=O) groups is 3. The lowest BCUT2D eigenvalue weighted by molar-refractivity contribution is -0.144. The molecule has 20 heavy (non-hydrogen) atoms. The maximum Gasteiger partial charge on any atom is 0.322 e. The van der Waals surface area contributed by atoms with Crippen LogP contribution in [0, 0.1) is 5.41 Å². The van der Waals surface area contributed by atoms with Gasteiger partial charge in [0, 0.05) is 19.6 Å². The zero-order chi connectivity index (χ0) is 15.0. The molecule has 0 saturated carbocycles. The van der Waals surface area contributed by atoms with Crippen LogP contribution in [-0.4, -0.2) is 47.9 Å². The number of urea groups is 1. The molecule has 2 aliphatic rings. The van der Waals surface area contributed by atoms with Gasteiger partial charge in [0.1, 0.15) is 5.54 Å². The number of rotatable bonds is 3. The average Bonchev–Trinajstić information content (AvgIpc) is 2.72. The Morgan fingerprint density at radius 1 is 1.40 bits per heavy atom. The fourth-order valence-corrected chi connectivity index (χ4v) is 2.74. The molecular formula is C13H22N4O3. The van der Waals surface area contributed by atoms with Crippen molar-refractivity contribution in [2.45, 2.75) is 38.6 Å². The molecule has 0 aliphatic carbocycles. The molecule has 0 bridgehead atoms. The second kappa shape index (κ2) is 5.05. The number of likely N-dealkylation sites (tertiary alicyclic amines) is 1. The highest BCUT2D eigenvalue weighted by atomic mass is 16.2. The maximum atomic E-state index is 12.5. The second-order valence-electron chi connectivity index (χ2n) is 5.90. The van der Waals surface area contributed by atoms with Crippen molar-refractivity contribution >= 4 is 17.8 Å². The molecule has 0 aromatic rings. The number of carbonyl (C=O) groups excluding carboxylic acids is 3. The minimum Gasteiger partial charge on any atom is -0.342 e. The molecule has 7 nitrogen and oxygen atoms in total. The Balaban J connectivity index is 2.03. The normalized spacial score (nSPS) is 24.2. The van der Waals surface area contributed by atoms with Crippen LogP contribution >= 0.6 is 0 Å². The molecule has 2 heterocycles. The molecule has 0 radical (unpaired) electrons. The number of nitrogens with zero attached hydrogens (tertiary/aromatic N) is 1. The van der Waals surface area contributed by atoms with Gasteiger partial charge in [-0.15, -0.1) is 0 Å². The first-order valence-corrected chi connectivity index (χ1v) is 7.00. The number of imide groups is 1. The number of nitrogens with one attached hydrogen (secondary N) is 2. The van der Waals surface area contributed by atoms with Gasteiger partial charge in [-0.2, -0.15) is 0 Å². The second-order valence-corrected chi connectivity index (χ2v) is 5.90. The zero-order valence-electron chi connectivity index (χ0n) is 12.0. The van der Waals surface area contributed by atoms with Crippen LogP contribution < -0.4 is 16.4 Å². The first kappa shape index (κ1) is 14.8. The molecule has 0 aromatic heterocycles. The van der Waals surface area contributed by atoms with E-state index in [4.69, 9.17) is 5.73 Å². The van der Waals surface area contributed by atoms with Gasteiger partial charge >= 0.3 is 6.03 Å². The highest BCUT2D eigenvalue weighted by Gasteiger charge is 2.49. The number of hydrogen-bond acceptors (Lipinski definition) is 4. The van der Waals surface area contributed by atoms with Gasteiger partial charge in [-0.25, -0.2) is 4.79 Å².